The van der Waals surface area contributed by atoms with Crippen molar-refractivity contribution in [2.45, 2.75) is 18.4 Å². The minimum absolute atomic E-state index is 0.144. The Morgan fingerprint density at radius 3 is 2.57 bits per heavy atom. The average Bonchev–Trinajstić information content (AvgIpc) is 3.33. The fourth-order valence-electron chi connectivity index (χ4n) is 3.96. The molecule has 5 aromatic rings. The van der Waals surface area contributed by atoms with Gasteiger partial charge in [0.25, 0.3) is 5.91 Å². The smallest absolute Gasteiger partial charge is 0.284 e. The van der Waals surface area contributed by atoms with Gasteiger partial charge < -0.3 is 14.7 Å². The molecule has 0 atom stereocenters. The highest BCUT2D eigenvalue weighted by molar-refractivity contribution is 7.90. The second kappa shape index (κ2) is 8.48. The number of nitrogens with zero attached hydrogens (tertiary/aromatic N) is 4. The van der Waals surface area contributed by atoms with Crippen molar-refractivity contribution < 1.29 is 18.3 Å². The van der Waals surface area contributed by atoms with Gasteiger partial charge in [-0.2, -0.15) is 0 Å². The second-order valence-electron chi connectivity index (χ2n) is 8.27. The topological polar surface area (TPSA) is 130 Å². The van der Waals surface area contributed by atoms with Crippen LogP contribution in [0.3, 0.4) is 0 Å². The molecule has 0 unspecified atom stereocenters. The average molecular weight is 488 g/mol. The highest BCUT2D eigenvalue weighted by Crippen LogP contribution is 2.35. The van der Waals surface area contributed by atoms with Crippen molar-refractivity contribution in [3.05, 3.63) is 72.3 Å². The summed E-state index contributed by atoms with van der Waals surface area (Å²) in [4.78, 5) is 20.6. The van der Waals surface area contributed by atoms with E-state index in [0.717, 1.165) is 17.3 Å². The number of para-hydroxylation sites is 1. The van der Waals surface area contributed by atoms with Crippen molar-refractivity contribution in [1.29, 1.82) is 0 Å². The van der Waals surface area contributed by atoms with Gasteiger partial charge in [-0.3, -0.25) is 4.79 Å². The number of amides is 1. The van der Waals surface area contributed by atoms with E-state index in [1.807, 2.05) is 31.2 Å². The zero-order chi connectivity index (χ0) is 24.7. The largest absolute Gasteiger partial charge is 0.493 e. The number of azo groups is 1. The van der Waals surface area contributed by atoms with Crippen molar-refractivity contribution in [2.24, 2.45) is 10.2 Å². The zero-order valence-corrected chi connectivity index (χ0v) is 19.7. The lowest BCUT2D eigenvalue weighted by Crippen LogP contribution is -2.09. The number of H-pyrrole nitrogens is 1. The fourth-order valence-corrected chi connectivity index (χ4v) is 4.59. The first-order chi connectivity index (χ1) is 16.7. The van der Waals surface area contributed by atoms with E-state index in [-0.39, 0.29) is 23.0 Å². The van der Waals surface area contributed by atoms with E-state index < -0.39 is 15.7 Å². The van der Waals surface area contributed by atoms with Crippen LogP contribution in [0.5, 0.6) is 5.88 Å². The van der Waals surface area contributed by atoms with E-state index >= 15 is 0 Å². The third-order valence-electron chi connectivity index (χ3n) is 5.66. The van der Waals surface area contributed by atoms with Crippen molar-refractivity contribution in [2.75, 3.05) is 6.26 Å². The first-order valence-corrected chi connectivity index (χ1v) is 12.6. The maximum Gasteiger partial charge on any atom is 0.284 e. The number of imidazole rings is 1. The van der Waals surface area contributed by atoms with Gasteiger partial charge in [0.2, 0.25) is 5.88 Å². The molecule has 0 aliphatic rings. The Labute approximate surface area is 200 Å². The number of hydrogen-bond acceptors (Lipinski definition) is 6. The van der Waals surface area contributed by atoms with E-state index in [0.29, 0.717) is 27.8 Å². The van der Waals surface area contributed by atoms with Crippen LogP contribution >= 0.6 is 0 Å². The first kappa shape index (κ1) is 22.5. The number of sulfone groups is 1. The summed E-state index contributed by atoms with van der Waals surface area (Å²) < 4.78 is 25.4. The van der Waals surface area contributed by atoms with Crippen LogP contribution in [-0.2, 0) is 21.2 Å². The van der Waals surface area contributed by atoms with Gasteiger partial charge in [-0.05, 0) is 55.0 Å². The summed E-state index contributed by atoms with van der Waals surface area (Å²) in [5.41, 5.74) is 3.98. The third kappa shape index (κ3) is 4.31. The van der Waals surface area contributed by atoms with Crippen molar-refractivity contribution in [3.8, 4) is 17.3 Å². The minimum atomic E-state index is -3.34. The number of carbonyl (C=O) groups excluding carboxylic acids is 1. The lowest BCUT2D eigenvalue weighted by atomic mass is 10.2. The Balaban J connectivity index is 1.52. The molecular formula is C25H21N5O4S. The molecule has 35 heavy (non-hydrogen) atoms. The Hall–Kier alpha value is -4.31. The summed E-state index contributed by atoms with van der Waals surface area (Å²) in [5.74, 6) is -0.203. The number of aromatic nitrogens is 3. The summed E-state index contributed by atoms with van der Waals surface area (Å²) in [6, 6.07) is 19.3. The molecule has 0 spiro atoms. The summed E-state index contributed by atoms with van der Waals surface area (Å²) in [6.45, 7) is 1.81. The van der Waals surface area contributed by atoms with E-state index in [1.54, 1.807) is 34.9 Å². The molecule has 0 fully saturated rings. The second-order valence-corrected chi connectivity index (χ2v) is 10.3. The molecule has 0 saturated heterocycles. The normalized spacial score (nSPS) is 12.2. The first-order valence-electron chi connectivity index (χ1n) is 10.7. The van der Waals surface area contributed by atoms with E-state index in [1.165, 1.54) is 12.1 Å². The molecule has 0 aliphatic carbocycles. The van der Waals surface area contributed by atoms with Gasteiger partial charge in [0, 0.05) is 17.2 Å². The third-order valence-corrected chi connectivity index (χ3v) is 6.79. The number of benzene rings is 3. The van der Waals surface area contributed by atoms with Gasteiger partial charge in [-0.1, -0.05) is 24.3 Å². The highest BCUT2D eigenvalue weighted by Gasteiger charge is 2.17. The summed E-state index contributed by atoms with van der Waals surface area (Å²) in [6.07, 6.45) is 1.15. The number of fused-ring (bicyclic) bond motifs is 2. The van der Waals surface area contributed by atoms with Crippen LogP contribution in [0.4, 0.5) is 5.69 Å². The van der Waals surface area contributed by atoms with Crippen LogP contribution in [-0.4, -0.2) is 40.2 Å². The van der Waals surface area contributed by atoms with Gasteiger partial charge in [0.1, 0.15) is 12.4 Å². The number of rotatable bonds is 5. The molecule has 0 radical (unpaired) electrons. The predicted octanol–water partition coefficient (Wildman–Crippen LogP) is 4.91. The van der Waals surface area contributed by atoms with Crippen molar-refractivity contribution in [3.63, 3.8) is 0 Å². The number of aromatic hydroxyl groups is 1. The molecule has 2 aromatic heterocycles. The molecule has 2 N–H and O–H groups in total. The zero-order valence-electron chi connectivity index (χ0n) is 18.9. The molecule has 0 saturated carbocycles. The summed E-state index contributed by atoms with van der Waals surface area (Å²) in [5, 5.41) is 18.7. The number of nitrogens with one attached hydrogen (secondary N) is 1. The van der Waals surface area contributed by atoms with Crippen LogP contribution in [0.25, 0.3) is 33.3 Å². The lowest BCUT2D eigenvalue weighted by Gasteiger charge is -2.08. The van der Waals surface area contributed by atoms with Gasteiger partial charge in [0.15, 0.2) is 15.5 Å². The van der Waals surface area contributed by atoms with Gasteiger partial charge in [0.05, 0.1) is 21.4 Å². The Bertz CT molecular complexity index is 1730. The SMILES string of the molecule is Cc1ccc2c(c1)nc(-c1ccc(S(C)(=O)=O)cc1)n2CC(=O)N=Nc1c(O)[nH]c2ccccc12. The Morgan fingerprint density at radius 1 is 1.09 bits per heavy atom. The highest BCUT2D eigenvalue weighted by atomic mass is 32.2. The van der Waals surface area contributed by atoms with E-state index in [4.69, 9.17) is 4.98 Å². The van der Waals surface area contributed by atoms with Crippen LogP contribution < -0.4 is 0 Å². The monoisotopic (exact) mass is 487 g/mol. The Morgan fingerprint density at radius 2 is 1.83 bits per heavy atom. The van der Waals surface area contributed by atoms with Crippen molar-refractivity contribution >= 4 is 43.4 Å². The number of hydrogen-bond donors (Lipinski definition) is 2. The van der Waals surface area contributed by atoms with Crippen LogP contribution in [0.2, 0.25) is 0 Å². The molecular weight excluding hydrogens is 466 g/mol. The van der Waals surface area contributed by atoms with E-state index in [9.17, 15) is 18.3 Å². The van der Waals surface area contributed by atoms with E-state index in [2.05, 4.69) is 15.2 Å². The van der Waals surface area contributed by atoms with Crippen LogP contribution in [0.15, 0.2) is 81.9 Å². The van der Waals surface area contributed by atoms with Gasteiger partial charge >= 0.3 is 0 Å². The maximum atomic E-state index is 12.9. The van der Waals surface area contributed by atoms with Crippen LogP contribution in [0.1, 0.15) is 5.56 Å². The predicted molar refractivity (Wildman–Crippen MR) is 133 cm³/mol. The number of aromatic amines is 1. The standard InChI is InChI=1S/C25H21N5O4S/c1-15-7-12-21-20(13-15)26-24(16-8-10-17(11-9-16)35(2,33)34)30(21)14-22(31)28-29-23-18-5-3-4-6-19(18)27-25(23)32/h3-13,27,32H,14H2,1-2H3. The molecule has 1 amide bonds. The molecule has 9 nitrogen and oxygen atoms in total. The molecule has 0 aliphatic heterocycles. The molecule has 176 valence electrons. The molecule has 0 bridgehead atoms. The minimum Gasteiger partial charge on any atom is -0.493 e. The number of carbonyl (C=O) groups is 1. The van der Waals surface area contributed by atoms with Crippen molar-refractivity contribution in [1.82, 2.24) is 14.5 Å². The quantitative estimate of drug-likeness (QED) is 0.340. The molecule has 2 heterocycles. The summed E-state index contributed by atoms with van der Waals surface area (Å²) >= 11 is 0. The fraction of sp³-hybridized carbons (Fsp3) is 0.120. The lowest BCUT2D eigenvalue weighted by molar-refractivity contribution is -0.118. The maximum absolute atomic E-state index is 12.9. The van der Waals surface area contributed by atoms with Gasteiger partial charge in [-0.15, -0.1) is 10.2 Å². The molecule has 5 rings (SSSR count). The Kier molecular flexibility index (Phi) is 5.45. The summed E-state index contributed by atoms with van der Waals surface area (Å²) in [7, 11) is -3.34. The molecule has 3 aromatic carbocycles. The van der Waals surface area contributed by atoms with Gasteiger partial charge in [-0.25, -0.2) is 13.4 Å². The van der Waals surface area contributed by atoms with Crippen LogP contribution in [0, 0.1) is 6.92 Å². The number of aryl methyl sites for hydroxylation is 1. The molecule has 10 heteroatoms.